The molecule has 3 aromatic rings. The zero-order chi connectivity index (χ0) is 25.4. The first kappa shape index (κ1) is 25.4. The van der Waals surface area contributed by atoms with Crippen LogP contribution in [0.15, 0.2) is 66.7 Å². The van der Waals surface area contributed by atoms with E-state index in [-0.39, 0.29) is 6.03 Å². The van der Waals surface area contributed by atoms with E-state index in [0.29, 0.717) is 28.6 Å². The minimum absolute atomic E-state index is 0.384. The monoisotopic (exact) mass is 478 g/mol. The van der Waals surface area contributed by atoms with Crippen molar-refractivity contribution in [2.45, 2.75) is 32.3 Å². The second-order valence-electron chi connectivity index (χ2n) is 8.41. The minimum Gasteiger partial charge on any atom is -0.497 e. The lowest BCUT2D eigenvalue weighted by Crippen LogP contribution is -2.37. The van der Waals surface area contributed by atoms with Crippen molar-refractivity contribution in [2.75, 3.05) is 24.9 Å². The molecule has 3 N–H and O–H groups in total. The summed E-state index contributed by atoms with van der Waals surface area (Å²) in [5.74, 6) is 0.613. The van der Waals surface area contributed by atoms with Gasteiger partial charge < -0.3 is 30.0 Å². The smallest absolute Gasteiger partial charge is 0.347 e. The van der Waals surface area contributed by atoms with Crippen LogP contribution >= 0.6 is 0 Å². The molecule has 2 amide bonds. The number of nitrogens with one attached hydrogen (secondary N) is 2. The number of carbonyl (C=O) groups is 2. The van der Waals surface area contributed by atoms with Gasteiger partial charge in [0, 0.05) is 11.8 Å². The van der Waals surface area contributed by atoms with Crippen molar-refractivity contribution in [2.24, 2.45) is 0 Å². The first-order chi connectivity index (χ1) is 16.7. The number of rotatable bonds is 10. The number of amides is 2. The van der Waals surface area contributed by atoms with Gasteiger partial charge in [-0.2, -0.15) is 0 Å². The molecule has 8 heteroatoms. The Morgan fingerprint density at radius 2 is 1.51 bits per heavy atom. The molecule has 0 bridgehead atoms. The molecule has 0 aliphatic rings. The van der Waals surface area contributed by atoms with E-state index in [9.17, 15) is 14.7 Å². The Balaban J connectivity index is 1.57. The molecule has 0 radical (unpaired) electrons. The highest BCUT2D eigenvalue weighted by atomic mass is 16.5. The molecule has 8 nitrogen and oxygen atoms in total. The fraction of sp³-hybridized carbons (Fsp3) is 0.259. The number of carboxylic acid groups (broad SMARTS) is 1. The molecule has 3 rings (SSSR count). The summed E-state index contributed by atoms with van der Waals surface area (Å²) in [5.41, 5.74) is 2.07. The van der Waals surface area contributed by atoms with Gasteiger partial charge in [-0.1, -0.05) is 24.3 Å². The van der Waals surface area contributed by atoms with Crippen molar-refractivity contribution in [1.82, 2.24) is 0 Å². The van der Waals surface area contributed by atoms with Crippen LogP contribution in [0.4, 0.5) is 16.2 Å². The average molecular weight is 479 g/mol. The molecule has 0 unspecified atom stereocenters. The summed E-state index contributed by atoms with van der Waals surface area (Å²) < 4.78 is 16.0. The van der Waals surface area contributed by atoms with Crippen LogP contribution in [-0.2, 0) is 17.6 Å². The fourth-order valence-electron chi connectivity index (χ4n) is 3.34. The van der Waals surface area contributed by atoms with Crippen LogP contribution in [0.5, 0.6) is 17.2 Å². The summed E-state index contributed by atoms with van der Waals surface area (Å²) in [5, 5.41) is 14.8. The van der Waals surface area contributed by atoms with Crippen LogP contribution in [0.2, 0.25) is 0 Å². The second kappa shape index (κ2) is 11.3. The molecule has 3 aromatic carbocycles. The summed E-state index contributed by atoms with van der Waals surface area (Å²) >= 11 is 0. The predicted octanol–water partition coefficient (Wildman–Crippen LogP) is 5.38. The molecular formula is C27H30N2O6. The molecule has 0 fully saturated rings. The third-order valence-electron chi connectivity index (χ3n) is 5.36. The lowest BCUT2D eigenvalue weighted by molar-refractivity contribution is -0.152. The molecule has 184 valence electrons. The molecule has 0 heterocycles. The third-order valence-corrected chi connectivity index (χ3v) is 5.36. The molecule has 0 atom stereocenters. The van der Waals surface area contributed by atoms with E-state index in [2.05, 4.69) is 10.6 Å². The van der Waals surface area contributed by atoms with E-state index in [1.54, 1.807) is 37.4 Å². The van der Waals surface area contributed by atoms with Crippen molar-refractivity contribution in [3.8, 4) is 17.2 Å². The van der Waals surface area contributed by atoms with Crippen molar-refractivity contribution in [3.05, 3.63) is 77.9 Å². The van der Waals surface area contributed by atoms with Crippen molar-refractivity contribution in [1.29, 1.82) is 0 Å². The molecule has 0 aliphatic carbocycles. The Hall–Kier alpha value is -4.20. The van der Waals surface area contributed by atoms with Crippen LogP contribution in [-0.4, -0.2) is 36.9 Å². The molecule has 0 aromatic heterocycles. The first-order valence-electron chi connectivity index (χ1n) is 11.1. The van der Waals surface area contributed by atoms with Crippen LogP contribution in [0.25, 0.3) is 0 Å². The highest BCUT2D eigenvalue weighted by Crippen LogP contribution is 2.29. The lowest BCUT2D eigenvalue weighted by Gasteiger charge is -2.21. The number of aryl methyl sites for hydroxylation is 2. The van der Waals surface area contributed by atoms with Crippen LogP contribution < -0.4 is 24.8 Å². The zero-order valence-corrected chi connectivity index (χ0v) is 20.3. The molecule has 0 saturated carbocycles. The van der Waals surface area contributed by atoms with Gasteiger partial charge in [-0.3, -0.25) is 0 Å². The zero-order valence-electron chi connectivity index (χ0n) is 20.3. The van der Waals surface area contributed by atoms with Crippen molar-refractivity contribution in [3.63, 3.8) is 0 Å². The number of hydrogen-bond donors (Lipinski definition) is 3. The largest absolute Gasteiger partial charge is 0.497 e. The Morgan fingerprint density at radius 3 is 2.17 bits per heavy atom. The van der Waals surface area contributed by atoms with Gasteiger partial charge in [-0.05, 0) is 74.2 Å². The van der Waals surface area contributed by atoms with E-state index in [1.165, 1.54) is 21.0 Å². The molecular weight excluding hydrogens is 448 g/mol. The quantitative estimate of drug-likeness (QED) is 0.361. The highest BCUT2D eigenvalue weighted by Gasteiger charge is 2.29. The number of carbonyl (C=O) groups excluding carboxylic acids is 1. The maximum atomic E-state index is 12.5. The Kier molecular flexibility index (Phi) is 8.20. The summed E-state index contributed by atoms with van der Waals surface area (Å²) in [6.45, 7) is 3.02. The maximum absolute atomic E-state index is 12.5. The standard InChI is InChI=1S/C27H30N2O6/c1-27(2,25(30)31)35-21-12-10-18(11-13-21)8-9-19-6-5-7-20(16-19)28-26(32)29-23-15-14-22(33-3)17-24(23)34-4/h5-7,10-17H,8-9H2,1-4H3,(H,30,31)(H2,28,29,32). The normalized spacial score (nSPS) is 10.9. The number of urea groups is 1. The van der Waals surface area contributed by atoms with Gasteiger partial charge in [0.15, 0.2) is 5.60 Å². The van der Waals surface area contributed by atoms with Crippen molar-refractivity contribution < 1.29 is 28.9 Å². The number of ether oxygens (including phenoxy) is 3. The molecule has 35 heavy (non-hydrogen) atoms. The SMILES string of the molecule is COc1ccc(NC(=O)Nc2cccc(CCc3ccc(OC(C)(C)C(=O)O)cc3)c2)c(OC)c1. The number of benzene rings is 3. The fourth-order valence-corrected chi connectivity index (χ4v) is 3.34. The van der Waals surface area contributed by atoms with Gasteiger partial charge in [0.2, 0.25) is 0 Å². The van der Waals surface area contributed by atoms with Gasteiger partial charge in [0.1, 0.15) is 17.2 Å². The number of anilines is 2. The van der Waals surface area contributed by atoms with E-state index in [0.717, 1.165) is 24.0 Å². The Bertz CT molecular complexity index is 1170. The van der Waals surface area contributed by atoms with Crippen LogP contribution in [0.1, 0.15) is 25.0 Å². The molecule has 0 aliphatic heterocycles. The minimum atomic E-state index is -1.29. The number of methoxy groups -OCH3 is 2. The van der Waals surface area contributed by atoms with Gasteiger partial charge in [0.05, 0.1) is 19.9 Å². The van der Waals surface area contributed by atoms with E-state index < -0.39 is 11.6 Å². The van der Waals surface area contributed by atoms with Crippen LogP contribution in [0, 0.1) is 0 Å². The summed E-state index contributed by atoms with van der Waals surface area (Å²) in [6.07, 6.45) is 1.55. The van der Waals surface area contributed by atoms with Crippen molar-refractivity contribution >= 4 is 23.4 Å². The van der Waals surface area contributed by atoms with E-state index in [1.807, 2.05) is 36.4 Å². The number of carboxylic acids is 1. The molecule has 0 saturated heterocycles. The summed E-state index contributed by atoms with van der Waals surface area (Å²) in [6, 6.07) is 19.8. The molecule has 0 spiro atoms. The van der Waals surface area contributed by atoms with Crippen LogP contribution in [0.3, 0.4) is 0 Å². The summed E-state index contributed by atoms with van der Waals surface area (Å²) in [4.78, 5) is 23.7. The lowest BCUT2D eigenvalue weighted by atomic mass is 10.0. The van der Waals surface area contributed by atoms with Gasteiger partial charge in [-0.15, -0.1) is 0 Å². The summed E-state index contributed by atoms with van der Waals surface area (Å²) in [7, 11) is 3.09. The van der Waals surface area contributed by atoms with Gasteiger partial charge >= 0.3 is 12.0 Å². The Labute approximate surface area is 204 Å². The van der Waals surface area contributed by atoms with E-state index in [4.69, 9.17) is 14.2 Å². The predicted molar refractivity (Wildman–Crippen MR) is 135 cm³/mol. The van der Waals surface area contributed by atoms with Gasteiger partial charge in [-0.25, -0.2) is 9.59 Å². The second-order valence-corrected chi connectivity index (χ2v) is 8.41. The third kappa shape index (κ3) is 7.14. The van der Waals surface area contributed by atoms with Gasteiger partial charge in [0.25, 0.3) is 0 Å². The van der Waals surface area contributed by atoms with E-state index >= 15 is 0 Å². The average Bonchev–Trinajstić information content (AvgIpc) is 2.83. The Morgan fingerprint density at radius 1 is 0.829 bits per heavy atom. The number of aliphatic carboxylic acids is 1. The topological polar surface area (TPSA) is 106 Å². The maximum Gasteiger partial charge on any atom is 0.347 e. The number of hydrogen-bond acceptors (Lipinski definition) is 5. The first-order valence-corrected chi connectivity index (χ1v) is 11.1. The highest BCUT2D eigenvalue weighted by molar-refractivity contribution is 6.00.